The third-order valence-electron chi connectivity index (χ3n) is 3.48. The first-order chi connectivity index (χ1) is 9.22. The number of nitrogens with zero attached hydrogens (tertiary/aromatic N) is 3. The molecule has 2 rings (SSSR count). The van der Waals surface area contributed by atoms with Gasteiger partial charge in [0, 0.05) is 46.3 Å². The Bertz CT molecular complexity index is 463. The zero-order chi connectivity index (χ0) is 13.7. The molecular weight excluding hydrogens is 260 g/mol. The summed E-state index contributed by atoms with van der Waals surface area (Å²) in [6.07, 6.45) is 0. The van der Waals surface area contributed by atoms with E-state index in [-0.39, 0.29) is 0 Å². The molecule has 19 heavy (non-hydrogen) atoms. The van der Waals surface area contributed by atoms with Crippen LogP contribution in [0.25, 0.3) is 0 Å². The van der Waals surface area contributed by atoms with Gasteiger partial charge in [0.2, 0.25) is 0 Å². The molecule has 0 saturated carbocycles. The molecule has 1 saturated heterocycles. The van der Waals surface area contributed by atoms with Crippen LogP contribution < -0.4 is 10.2 Å². The van der Waals surface area contributed by atoms with E-state index in [4.69, 9.17) is 11.6 Å². The molecule has 1 aliphatic heterocycles. The van der Waals surface area contributed by atoms with E-state index in [1.54, 1.807) is 6.07 Å². The summed E-state index contributed by atoms with van der Waals surface area (Å²) in [7, 11) is 2.01. The second-order valence-corrected chi connectivity index (χ2v) is 5.17. The van der Waals surface area contributed by atoms with Gasteiger partial charge in [0.15, 0.2) is 0 Å². The third kappa shape index (κ3) is 3.60. The highest BCUT2D eigenvalue weighted by Crippen LogP contribution is 2.25. The Morgan fingerprint density at radius 3 is 2.84 bits per heavy atom. The van der Waals surface area contributed by atoms with Crippen LogP contribution in [-0.4, -0.2) is 51.2 Å². The normalized spacial score (nSPS) is 16.1. The molecule has 1 fully saturated rings. The predicted molar refractivity (Wildman–Crippen MR) is 78.7 cm³/mol. The molecule has 1 aromatic rings. The molecule has 0 amide bonds. The van der Waals surface area contributed by atoms with Crippen molar-refractivity contribution in [2.75, 3.05) is 51.2 Å². The number of nitriles is 1. The average molecular weight is 279 g/mol. The molecule has 1 N–H and O–H groups in total. The summed E-state index contributed by atoms with van der Waals surface area (Å²) in [6, 6.07) is 7.78. The molecular formula is C14H19ClN4. The lowest BCUT2D eigenvalue weighted by molar-refractivity contribution is 0.246. The summed E-state index contributed by atoms with van der Waals surface area (Å²) in [5.41, 5.74) is 1.47. The van der Waals surface area contributed by atoms with Crippen LogP contribution in [0.2, 0.25) is 5.02 Å². The third-order valence-corrected chi connectivity index (χ3v) is 3.79. The smallest absolute Gasteiger partial charge is 0.103 e. The lowest BCUT2D eigenvalue weighted by Gasteiger charge is -2.30. The number of rotatable bonds is 4. The van der Waals surface area contributed by atoms with E-state index in [1.165, 1.54) is 0 Å². The molecule has 1 aliphatic rings. The minimum atomic E-state index is 0.522. The Kier molecular flexibility index (Phi) is 5.03. The second kappa shape index (κ2) is 6.76. The summed E-state index contributed by atoms with van der Waals surface area (Å²) >= 11 is 6.05. The van der Waals surface area contributed by atoms with Gasteiger partial charge in [-0.15, -0.1) is 0 Å². The highest BCUT2D eigenvalue weighted by atomic mass is 35.5. The van der Waals surface area contributed by atoms with Gasteiger partial charge < -0.3 is 10.2 Å². The summed E-state index contributed by atoms with van der Waals surface area (Å²) in [5.74, 6) is 0. The van der Waals surface area contributed by atoms with E-state index in [1.807, 2.05) is 19.2 Å². The summed E-state index contributed by atoms with van der Waals surface area (Å²) in [5, 5.41) is 13.1. The molecule has 0 spiro atoms. The van der Waals surface area contributed by atoms with Crippen molar-refractivity contribution in [1.82, 2.24) is 10.2 Å². The van der Waals surface area contributed by atoms with Crippen LogP contribution in [0.15, 0.2) is 18.2 Å². The quantitative estimate of drug-likeness (QED) is 0.908. The average Bonchev–Trinajstić information content (AvgIpc) is 2.45. The van der Waals surface area contributed by atoms with Crippen LogP contribution in [0.3, 0.4) is 0 Å². The standard InChI is InChI=1S/C14H19ClN4/c1-18(9-10-19-7-5-17-6-8-19)14-4-2-3-13(15)12(14)11-16/h2-4,17H,5-10H2,1H3. The van der Waals surface area contributed by atoms with E-state index < -0.39 is 0 Å². The molecule has 1 heterocycles. The van der Waals surface area contributed by atoms with E-state index in [0.717, 1.165) is 45.0 Å². The molecule has 0 aromatic heterocycles. The maximum Gasteiger partial charge on any atom is 0.103 e. The molecule has 102 valence electrons. The Balaban J connectivity index is 1.98. The minimum absolute atomic E-state index is 0.522. The van der Waals surface area contributed by atoms with E-state index in [2.05, 4.69) is 21.2 Å². The number of likely N-dealkylation sites (N-methyl/N-ethyl adjacent to an activating group) is 1. The van der Waals surface area contributed by atoms with Crippen LogP contribution in [0.1, 0.15) is 5.56 Å². The van der Waals surface area contributed by atoms with Crippen molar-refractivity contribution in [2.24, 2.45) is 0 Å². The molecule has 0 atom stereocenters. The Morgan fingerprint density at radius 2 is 2.16 bits per heavy atom. The van der Waals surface area contributed by atoms with Crippen LogP contribution in [-0.2, 0) is 0 Å². The number of anilines is 1. The van der Waals surface area contributed by atoms with Crippen LogP contribution >= 0.6 is 11.6 Å². The molecule has 4 nitrogen and oxygen atoms in total. The number of piperazine rings is 1. The van der Waals surface area contributed by atoms with Crippen molar-refractivity contribution < 1.29 is 0 Å². The van der Waals surface area contributed by atoms with Crippen LogP contribution in [0, 0.1) is 11.3 Å². The molecule has 0 radical (unpaired) electrons. The molecule has 1 aromatic carbocycles. The fraction of sp³-hybridized carbons (Fsp3) is 0.500. The molecule has 0 bridgehead atoms. The van der Waals surface area contributed by atoms with E-state index in [9.17, 15) is 5.26 Å². The van der Waals surface area contributed by atoms with E-state index in [0.29, 0.717) is 10.6 Å². The monoisotopic (exact) mass is 278 g/mol. The van der Waals surface area contributed by atoms with Crippen LogP contribution in [0.4, 0.5) is 5.69 Å². The molecule has 0 unspecified atom stereocenters. The SMILES string of the molecule is CN(CCN1CCNCC1)c1cccc(Cl)c1C#N. The first-order valence-corrected chi connectivity index (χ1v) is 6.93. The van der Waals surface area contributed by atoms with Gasteiger partial charge in [-0.05, 0) is 12.1 Å². The van der Waals surface area contributed by atoms with E-state index >= 15 is 0 Å². The largest absolute Gasteiger partial charge is 0.372 e. The van der Waals surface area contributed by atoms with Gasteiger partial charge in [-0.25, -0.2) is 0 Å². The summed E-state index contributed by atoms with van der Waals surface area (Å²) in [6.45, 7) is 6.21. The number of benzene rings is 1. The van der Waals surface area contributed by atoms with Gasteiger partial charge in [0.25, 0.3) is 0 Å². The van der Waals surface area contributed by atoms with Gasteiger partial charge >= 0.3 is 0 Å². The van der Waals surface area contributed by atoms with Gasteiger partial charge in [-0.3, -0.25) is 4.90 Å². The minimum Gasteiger partial charge on any atom is -0.372 e. The van der Waals surface area contributed by atoms with Gasteiger partial charge in [0.1, 0.15) is 6.07 Å². The van der Waals surface area contributed by atoms with Crippen LogP contribution in [0.5, 0.6) is 0 Å². The van der Waals surface area contributed by atoms with Crippen molar-refractivity contribution in [3.8, 4) is 6.07 Å². The number of hydrogen-bond acceptors (Lipinski definition) is 4. The molecule has 0 aliphatic carbocycles. The summed E-state index contributed by atoms with van der Waals surface area (Å²) in [4.78, 5) is 4.54. The Hall–Kier alpha value is -1.28. The zero-order valence-corrected chi connectivity index (χ0v) is 12.0. The molecule has 5 heteroatoms. The first-order valence-electron chi connectivity index (χ1n) is 6.55. The topological polar surface area (TPSA) is 42.3 Å². The Morgan fingerprint density at radius 1 is 1.42 bits per heavy atom. The second-order valence-electron chi connectivity index (χ2n) is 4.76. The number of nitrogens with one attached hydrogen (secondary N) is 1. The van der Waals surface area contributed by atoms with Crippen molar-refractivity contribution in [3.05, 3.63) is 28.8 Å². The van der Waals surface area contributed by atoms with Gasteiger partial charge in [0.05, 0.1) is 16.3 Å². The maximum absolute atomic E-state index is 9.19. The maximum atomic E-state index is 9.19. The highest BCUT2D eigenvalue weighted by Gasteiger charge is 2.13. The van der Waals surface area contributed by atoms with Gasteiger partial charge in [-0.2, -0.15) is 5.26 Å². The van der Waals surface area contributed by atoms with Crippen molar-refractivity contribution >= 4 is 17.3 Å². The Labute approximate surface area is 119 Å². The fourth-order valence-electron chi connectivity index (χ4n) is 2.29. The van der Waals surface area contributed by atoms with Crippen molar-refractivity contribution in [2.45, 2.75) is 0 Å². The van der Waals surface area contributed by atoms with Gasteiger partial charge in [-0.1, -0.05) is 17.7 Å². The highest BCUT2D eigenvalue weighted by molar-refractivity contribution is 6.32. The zero-order valence-electron chi connectivity index (χ0n) is 11.2. The predicted octanol–water partition coefficient (Wildman–Crippen LogP) is 1.55. The lowest BCUT2D eigenvalue weighted by atomic mass is 10.2. The summed E-state index contributed by atoms with van der Waals surface area (Å²) < 4.78 is 0. The number of hydrogen-bond donors (Lipinski definition) is 1. The fourth-order valence-corrected chi connectivity index (χ4v) is 2.50. The van der Waals surface area contributed by atoms with Crippen molar-refractivity contribution in [1.29, 1.82) is 5.26 Å². The first kappa shape index (κ1) is 14.1. The number of halogens is 1. The lowest BCUT2D eigenvalue weighted by Crippen LogP contribution is -2.46. The van der Waals surface area contributed by atoms with Crippen molar-refractivity contribution in [3.63, 3.8) is 0 Å².